The number of aliphatic carboxylic acids is 1. The predicted octanol–water partition coefficient (Wildman–Crippen LogP) is 4.67. The number of anilines is 1. The molecule has 0 heterocycles. The third kappa shape index (κ3) is 5.55. The first-order chi connectivity index (χ1) is 17.4. The topological polar surface area (TPSA) is 111 Å². The number of ether oxygens (including phenoxy) is 3. The minimum atomic E-state index is -1.09. The fourth-order valence-electron chi connectivity index (χ4n) is 4.47. The summed E-state index contributed by atoms with van der Waals surface area (Å²) in [5, 5.41) is 11.6. The Morgan fingerprint density at radius 2 is 1.56 bits per heavy atom. The van der Waals surface area contributed by atoms with Crippen LogP contribution in [0.5, 0.6) is 0 Å². The second-order valence-corrected chi connectivity index (χ2v) is 8.51. The Bertz CT molecular complexity index is 1260. The van der Waals surface area contributed by atoms with E-state index in [1.807, 2.05) is 36.4 Å². The maximum Gasteiger partial charge on any atom is 0.411 e. The zero-order valence-electron chi connectivity index (χ0n) is 20.1. The van der Waals surface area contributed by atoms with Crippen molar-refractivity contribution in [2.45, 2.75) is 25.9 Å². The van der Waals surface area contributed by atoms with Gasteiger partial charge in [-0.2, -0.15) is 0 Å². The molecule has 1 aliphatic carbocycles. The molecule has 2 N–H and O–H groups in total. The molecule has 3 aromatic carbocycles. The van der Waals surface area contributed by atoms with E-state index >= 15 is 0 Å². The molecule has 0 saturated heterocycles. The molecule has 1 aliphatic rings. The fourth-order valence-corrected chi connectivity index (χ4v) is 4.47. The molecule has 8 heteroatoms. The maximum absolute atomic E-state index is 12.7. The van der Waals surface area contributed by atoms with Gasteiger partial charge >= 0.3 is 18.0 Å². The fraction of sp³-hybridized carbons (Fsp3) is 0.250. The number of carbonyl (C=O) groups is 3. The molecule has 8 nitrogen and oxygen atoms in total. The highest BCUT2D eigenvalue weighted by Gasteiger charge is 2.29. The van der Waals surface area contributed by atoms with Gasteiger partial charge in [0.05, 0.1) is 20.1 Å². The van der Waals surface area contributed by atoms with Crippen LogP contribution in [0.15, 0.2) is 60.7 Å². The molecule has 0 radical (unpaired) electrons. The molecule has 36 heavy (non-hydrogen) atoms. The minimum absolute atomic E-state index is 0.00548. The molecule has 0 bridgehead atoms. The summed E-state index contributed by atoms with van der Waals surface area (Å²) >= 11 is 0. The lowest BCUT2D eigenvalue weighted by Gasteiger charge is -2.17. The van der Waals surface area contributed by atoms with Gasteiger partial charge in [0.25, 0.3) is 0 Å². The normalized spacial score (nSPS) is 11.9. The average molecular weight is 490 g/mol. The van der Waals surface area contributed by atoms with Gasteiger partial charge in [-0.05, 0) is 58.0 Å². The third-order valence-electron chi connectivity index (χ3n) is 6.26. The number of carbonyl (C=O) groups excluding carboxylic acids is 2. The summed E-state index contributed by atoms with van der Waals surface area (Å²) in [5.41, 5.74) is 6.94. The van der Waals surface area contributed by atoms with Crippen LogP contribution in [0, 0.1) is 6.92 Å². The number of esters is 1. The van der Waals surface area contributed by atoms with E-state index in [0.717, 1.165) is 27.8 Å². The van der Waals surface area contributed by atoms with E-state index in [9.17, 15) is 14.4 Å². The summed E-state index contributed by atoms with van der Waals surface area (Å²) in [6.07, 6.45) is -0.642. The van der Waals surface area contributed by atoms with E-state index in [0.29, 0.717) is 16.8 Å². The number of hydrogen-bond donors (Lipinski definition) is 2. The molecule has 0 aliphatic heterocycles. The van der Waals surface area contributed by atoms with Crippen molar-refractivity contribution < 1.29 is 33.7 Å². The van der Waals surface area contributed by atoms with Crippen LogP contribution in [0.25, 0.3) is 11.1 Å². The average Bonchev–Trinajstić information content (AvgIpc) is 3.18. The van der Waals surface area contributed by atoms with Crippen LogP contribution in [0.1, 0.15) is 33.7 Å². The molecule has 0 atom stereocenters. The van der Waals surface area contributed by atoms with Gasteiger partial charge in [0.1, 0.15) is 13.2 Å². The van der Waals surface area contributed by atoms with Gasteiger partial charge in [0.2, 0.25) is 0 Å². The van der Waals surface area contributed by atoms with Crippen molar-refractivity contribution >= 4 is 23.7 Å². The van der Waals surface area contributed by atoms with Crippen LogP contribution in [-0.4, -0.2) is 43.5 Å². The first kappa shape index (κ1) is 24.9. The molecule has 186 valence electrons. The summed E-state index contributed by atoms with van der Waals surface area (Å²) in [6, 6.07) is 19.5. The third-order valence-corrected chi connectivity index (χ3v) is 6.26. The Morgan fingerprint density at radius 1 is 0.944 bits per heavy atom. The monoisotopic (exact) mass is 489 g/mol. The summed E-state index contributed by atoms with van der Waals surface area (Å²) < 4.78 is 15.6. The first-order valence-electron chi connectivity index (χ1n) is 11.5. The van der Waals surface area contributed by atoms with Gasteiger partial charge < -0.3 is 19.3 Å². The van der Waals surface area contributed by atoms with Crippen molar-refractivity contribution in [2.24, 2.45) is 0 Å². The molecule has 0 fully saturated rings. The number of hydrogen-bond acceptors (Lipinski definition) is 6. The Balaban J connectivity index is 1.49. The van der Waals surface area contributed by atoms with Crippen molar-refractivity contribution in [1.82, 2.24) is 0 Å². The second-order valence-electron chi connectivity index (χ2n) is 8.51. The number of fused-ring (bicyclic) bond motifs is 3. The number of benzene rings is 3. The van der Waals surface area contributed by atoms with Crippen molar-refractivity contribution in [2.75, 3.05) is 25.6 Å². The van der Waals surface area contributed by atoms with Gasteiger partial charge in [-0.3, -0.25) is 10.1 Å². The highest BCUT2D eigenvalue weighted by atomic mass is 16.5. The molecule has 0 unspecified atom stereocenters. The number of amides is 1. The lowest BCUT2D eigenvalue weighted by molar-refractivity contribution is -0.142. The Labute approximate surface area is 208 Å². The van der Waals surface area contributed by atoms with Gasteiger partial charge in [-0.15, -0.1) is 0 Å². The Morgan fingerprint density at radius 3 is 2.17 bits per heavy atom. The van der Waals surface area contributed by atoms with Crippen molar-refractivity contribution in [3.63, 3.8) is 0 Å². The molecule has 0 aromatic heterocycles. The second kappa shape index (κ2) is 11.0. The highest BCUT2D eigenvalue weighted by Crippen LogP contribution is 2.44. The minimum Gasteiger partial charge on any atom is -0.480 e. The van der Waals surface area contributed by atoms with Crippen LogP contribution in [-0.2, 0) is 36.8 Å². The van der Waals surface area contributed by atoms with E-state index in [2.05, 4.69) is 17.4 Å². The van der Waals surface area contributed by atoms with Crippen molar-refractivity contribution in [1.29, 1.82) is 0 Å². The van der Waals surface area contributed by atoms with Gasteiger partial charge in [-0.25, -0.2) is 9.59 Å². The number of nitrogens with one attached hydrogen (secondary N) is 1. The van der Waals surface area contributed by atoms with E-state index < -0.39 is 24.6 Å². The van der Waals surface area contributed by atoms with Gasteiger partial charge in [-0.1, -0.05) is 48.5 Å². The summed E-state index contributed by atoms with van der Waals surface area (Å²) in [4.78, 5) is 35.5. The quantitative estimate of drug-likeness (QED) is 0.420. The van der Waals surface area contributed by atoms with E-state index in [1.165, 1.54) is 7.11 Å². The zero-order chi connectivity index (χ0) is 25.7. The van der Waals surface area contributed by atoms with Gasteiger partial charge in [0.15, 0.2) is 0 Å². The van der Waals surface area contributed by atoms with Crippen LogP contribution in [0.2, 0.25) is 0 Å². The van der Waals surface area contributed by atoms with Crippen LogP contribution in [0.4, 0.5) is 10.5 Å². The molecule has 3 aromatic rings. The summed E-state index contributed by atoms with van der Waals surface area (Å²) in [7, 11) is 1.30. The van der Waals surface area contributed by atoms with Crippen molar-refractivity contribution in [3.05, 3.63) is 88.5 Å². The number of carboxylic acid groups (broad SMARTS) is 1. The van der Waals surface area contributed by atoms with Crippen LogP contribution < -0.4 is 5.32 Å². The smallest absolute Gasteiger partial charge is 0.411 e. The van der Waals surface area contributed by atoms with E-state index in [-0.39, 0.29) is 25.6 Å². The number of rotatable bonds is 9. The highest BCUT2D eigenvalue weighted by molar-refractivity contribution is 5.86. The van der Waals surface area contributed by atoms with Gasteiger partial charge in [0, 0.05) is 11.6 Å². The molecule has 1 amide bonds. The Kier molecular flexibility index (Phi) is 7.65. The molecule has 4 rings (SSSR count). The SMILES string of the molecule is COC(=O)Cc1cc(NC(=O)OCC2c3ccccc3-c3ccccc32)cc(COCC(=O)O)c1C. The standard InChI is InChI=1S/C28H27NO7/c1-17-18(13-27(32)34-2)11-20(12-19(17)14-35-16-26(30)31)29-28(33)36-15-25-23-9-5-3-7-21(23)22-8-4-6-10-24(22)25/h3-12,25H,13-16H2,1-2H3,(H,29,33)(H,30,31). The van der Waals surface area contributed by atoms with Crippen molar-refractivity contribution in [3.8, 4) is 11.1 Å². The van der Waals surface area contributed by atoms with E-state index in [4.69, 9.17) is 19.3 Å². The van der Waals surface area contributed by atoms with Crippen LogP contribution >= 0.6 is 0 Å². The first-order valence-corrected chi connectivity index (χ1v) is 11.5. The lowest BCUT2D eigenvalue weighted by atomic mass is 9.98. The zero-order valence-corrected chi connectivity index (χ0v) is 20.1. The number of carboxylic acids is 1. The molecule has 0 saturated carbocycles. The maximum atomic E-state index is 12.7. The lowest BCUT2D eigenvalue weighted by Crippen LogP contribution is -2.18. The van der Waals surface area contributed by atoms with E-state index in [1.54, 1.807) is 19.1 Å². The Hall–Kier alpha value is -4.17. The predicted molar refractivity (Wildman–Crippen MR) is 133 cm³/mol. The summed E-state index contributed by atoms with van der Waals surface area (Å²) in [5.74, 6) is -1.60. The van der Waals surface area contributed by atoms with Crippen LogP contribution in [0.3, 0.4) is 0 Å². The largest absolute Gasteiger partial charge is 0.480 e. The molecular weight excluding hydrogens is 462 g/mol. The molecule has 0 spiro atoms. The molecular formula is C28H27NO7. The summed E-state index contributed by atoms with van der Waals surface area (Å²) in [6.45, 7) is 1.51. The number of methoxy groups -OCH3 is 1.